The number of carbonyl (C=O) groups excluding carboxylic acids is 3. The third kappa shape index (κ3) is 2.89. The molecule has 0 bridgehead atoms. The van der Waals surface area contributed by atoms with Gasteiger partial charge in [-0.2, -0.15) is 0 Å². The molecule has 7 nitrogen and oxygen atoms in total. The van der Waals surface area contributed by atoms with Crippen molar-refractivity contribution in [2.45, 2.75) is 42.1 Å². The topological polar surface area (TPSA) is 102 Å². The molecule has 2 heterocycles. The second-order valence-corrected chi connectivity index (χ2v) is 8.43. The normalized spacial score (nSPS) is 27.9. The van der Waals surface area contributed by atoms with Gasteiger partial charge in [-0.05, 0) is 19.4 Å². The number of amides is 2. The predicted molar refractivity (Wildman–Crippen MR) is 93.4 cm³/mol. The Hall–Kier alpha value is -2.06. The van der Waals surface area contributed by atoms with Gasteiger partial charge in [-0.3, -0.25) is 9.59 Å². The molecule has 2 aliphatic rings. The first-order valence-corrected chi connectivity index (χ1v) is 8.84. The number of benzene rings is 1. The highest BCUT2D eigenvalue weighted by Gasteiger charge is 2.64. The summed E-state index contributed by atoms with van der Waals surface area (Å²) in [5.41, 5.74) is 6.66. The molecule has 0 spiro atoms. The molecule has 2 amide bonds. The molecule has 0 unspecified atom stereocenters. The van der Waals surface area contributed by atoms with Crippen molar-refractivity contribution in [1.29, 1.82) is 0 Å². The summed E-state index contributed by atoms with van der Waals surface area (Å²) in [6.45, 7) is 3.78. The zero-order chi connectivity index (χ0) is 18.4. The number of carbonyl (C=O) groups is 3. The molecule has 134 valence electrons. The predicted octanol–water partition coefficient (Wildman–Crippen LogP) is 0.407. The van der Waals surface area contributed by atoms with Crippen LogP contribution in [0.3, 0.4) is 0 Å². The molecule has 8 heteroatoms. The van der Waals surface area contributed by atoms with Gasteiger partial charge in [0.1, 0.15) is 23.5 Å². The van der Waals surface area contributed by atoms with Crippen LogP contribution in [0.2, 0.25) is 0 Å². The molecule has 0 aliphatic carbocycles. The lowest BCUT2D eigenvalue weighted by atomic mass is 9.95. The molecule has 2 aliphatic heterocycles. The summed E-state index contributed by atoms with van der Waals surface area (Å²) in [7, 11) is 1.30. The van der Waals surface area contributed by atoms with Gasteiger partial charge in [0.05, 0.1) is 7.11 Å². The summed E-state index contributed by atoms with van der Waals surface area (Å²) < 4.78 is 4.34. The number of esters is 1. The van der Waals surface area contributed by atoms with E-state index in [1.54, 1.807) is 24.3 Å². The fourth-order valence-electron chi connectivity index (χ4n) is 3.29. The van der Waals surface area contributed by atoms with Crippen LogP contribution in [0.5, 0.6) is 0 Å². The second kappa shape index (κ2) is 6.34. The molecule has 4 atom stereocenters. The maximum Gasteiger partial charge on any atom is 0.330 e. The minimum Gasteiger partial charge on any atom is -0.467 e. The number of fused-ring (bicyclic) bond motifs is 1. The van der Waals surface area contributed by atoms with E-state index in [-0.39, 0.29) is 11.3 Å². The van der Waals surface area contributed by atoms with E-state index in [4.69, 9.17) is 10.5 Å². The summed E-state index contributed by atoms with van der Waals surface area (Å²) in [6.07, 6.45) is 0. The van der Waals surface area contributed by atoms with E-state index in [1.807, 2.05) is 19.9 Å². The van der Waals surface area contributed by atoms with Crippen LogP contribution in [0.4, 0.5) is 0 Å². The molecule has 3 N–H and O–H groups in total. The fourth-order valence-corrected chi connectivity index (χ4v) is 4.91. The van der Waals surface area contributed by atoms with Crippen molar-refractivity contribution < 1.29 is 19.1 Å². The molecular formula is C17H21N3O4S. The number of hydrogen-bond acceptors (Lipinski definition) is 6. The zero-order valence-electron chi connectivity index (χ0n) is 14.3. The van der Waals surface area contributed by atoms with Crippen LogP contribution >= 0.6 is 11.8 Å². The number of β-lactam (4-membered cyclic amide) rings is 1. The number of rotatable bonds is 4. The highest BCUT2D eigenvalue weighted by atomic mass is 32.2. The third-order valence-corrected chi connectivity index (χ3v) is 6.18. The lowest BCUT2D eigenvalue weighted by Gasteiger charge is -2.44. The molecule has 1 aromatic rings. The van der Waals surface area contributed by atoms with Crippen LogP contribution in [-0.4, -0.2) is 52.0 Å². The zero-order valence-corrected chi connectivity index (χ0v) is 15.1. The van der Waals surface area contributed by atoms with Crippen molar-refractivity contribution in [3.05, 3.63) is 35.9 Å². The van der Waals surface area contributed by atoms with Crippen molar-refractivity contribution in [3.63, 3.8) is 0 Å². The Balaban J connectivity index is 1.71. The third-order valence-electron chi connectivity index (χ3n) is 4.60. The first-order chi connectivity index (χ1) is 11.8. The van der Waals surface area contributed by atoms with Crippen molar-refractivity contribution in [1.82, 2.24) is 10.2 Å². The van der Waals surface area contributed by atoms with Crippen LogP contribution in [0.15, 0.2) is 30.3 Å². The summed E-state index contributed by atoms with van der Waals surface area (Å²) in [4.78, 5) is 38.5. The van der Waals surface area contributed by atoms with Crippen LogP contribution in [0.25, 0.3) is 0 Å². The van der Waals surface area contributed by atoms with E-state index < -0.39 is 34.7 Å². The summed E-state index contributed by atoms with van der Waals surface area (Å²) in [6, 6.07) is 6.78. The van der Waals surface area contributed by atoms with E-state index in [0.29, 0.717) is 5.56 Å². The number of ether oxygens (including phenoxy) is 1. The van der Waals surface area contributed by atoms with Gasteiger partial charge in [-0.25, -0.2) is 4.79 Å². The van der Waals surface area contributed by atoms with E-state index >= 15 is 0 Å². The van der Waals surface area contributed by atoms with Gasteiger partial charge in [-0.15, -0.1) is 11.8 Å². The molecular weight excluding hydrogens is 342 g/mol. The summed E-state index contributed by atoms with van der Waals surface area (Å²) in [5, 5.41) is 2.43. The summed E-state index contributed by atoms with van der Waals surface area (Å²) in [5.74, 6) is -1.14. The minimum atomic E-state index is -0.848. The lowest BCUT2D eigenvalue weighted by Crippen LogP contribution is -2.71. The van der Waals surface area contributed by atoms with Crippen molar-refractivity contribution in [3.8, 4) is 0 Å². The Morgan fingerprint density at radius 2 is 1.96 bits per heavy atom. The molecule has 0 aromatic heterocycles. The maximum absolute atomic E-state index is 12.5. The monoisotopic (exact) mass is 363 g/mol. The highest BCUT2D eigenvalue weighted by molar-refractivity contribution is 8.01. The molecule has 0 saturated carbocycles. The average Bonchev–Trinajstić information content (AvgIpc) is 2.86. The van der Waals surface area contributed by atoms with Crippen molar-refractivity contribution in [2.24, 2.45) is 5.73 Å². The van der Waals surface area contributed by atoms with E-state index in [0.717, 1.165) is 0 Å². The first kappa shape index (κ1) is 17.8. The van der Waals surface area contributed by atoms with Gasteiger partial charge >= 0.3 is 5.97 Å². The SMILES string of the molecule is COC(=O)[C@H]1N2C(=O)[C@H](NC(=O)[C@@H](N)c3ccccc3)[C@@H]2SC1(C)C. The number of hydrogen-bond donors (Lipinski definition) is 2. The molecule has 3 rings (SSSR count). The Morgan fingerprint density at radius 1 is 1.32 bits per heavy atom. The molecule has 25 heavy (non-hydrogen) atoms. The average molecular weight is 363 g/mol. The maximum atomic E-state index is 12.5. The number of nitrogens with one attached hydrogen (secondary N) is 1. The molecule has 1 aromatic carbocycles. The second-order valence-electron chi connectivity index (χ2n) is 6.66. The van der Waals surface area contributed by atoms with Gasteiger partial charge in [0.2, 0.25) is 11.8 Å². The largest absolute Gasteiger partial charge is 0.467 e. The van der Waals surface area contributed by atoms with Gasteiger partial charge < -0.3 is 20.7 Å². The van der Waals surface area contributed by atoms with Gasteiger partial charge in [-0.1, -0.05) is 30.3 Å². The number of nitrogens with two attached hydrogens (primary N) is 1. The van der Waals surface area contributed by atoms with Crippen molar-refractivity contribution >= 4 is 29.5 Å². The van der Waals surface area contributed by atoms with E-state index in [1.165, 1.54) is 23.8 Å². The number of methoxy groups -OCH3 is 1. The standard InChI is InChI=1S/C17H21N3O4S/c1-17(2)12(16(23)24-3)20-14(22)11(15(20)25-17)19-13(21)10(18)9-7-5-4-6-8-9/h4-8,10-12,15H,18H2,1-3H3,(H,19,21)/t10-,11-,12+,15-/m0/s1. The molecule has 0 radical (unpaired) electrons. The van der Waals surface area contributed by atoms with Gasteiger partial charge in [0, 0.05) is 4.75 Å². The van der Waals surface area contributed by atoms with Crippen LogP contribution < -0.4 is 11.1 Å². The first-order valence-electron chi connectivity index (χ1n) is 7.96. The van der Waals surface area contributed by atoms with Crippen LogP contribution in [-0.2, 0) is 19.1 Å². The molecule has 2 fully saturated rings. The van der Waals surface area contributed by atoms with Crippen molar-refractivity contribution in [2.75, 3.05) is 7.11 Å². The Labute approximate surface area is 150 Å². The molecule has 2 saturated heterocycles. The van der Waals surface area contributed by atoms with Gasteiger partial charge in [0.25, 0.3) is 0 Å². The van der Waals surface area contributed by atoms with Gasteiger partial charge in [0.15, 0.2) is 0 Å². The quantitative estimate of drug-likeness (QED) is 0.593. The Kier molecular flexibility index (Phi) is 4.51. The number of thioether (sulfide) groups is 1. The van der Waals surface area contributed by atoms with E-state index in [2.05, 4.69) is 5.32 Å². The Bertz CT molecular complexity index is 709. The van der Waals surface area contributed by atoms with Crippen LogP contribution in [0, 0.1) is 0 Å². The lowest BCUT2D eigenvalue weighted by molar-refractivity contribution is -0.162. The Morgan fingerprint density at radius 3 is 2.56 bits per heavy atom. The van der Waals surface area contributed by atoms with Crippen LogP contribution in [0.1, 0.15) is 25.5 Å². The van der Waals surface area contributed by atoms with E-state index in [9.17, 15) is 14.4 Å². The minimum absolute atomic E-state index is 0.285. The number of nitrogens with zero attached hydrogens (tertiary/aromatic N) is 1. The summed E-state index contributed by atoms with van der Waals surface area (Å²) >= 11 is 1.48. The highest BCUT2D eigenvalue weighted by Crippen LogP contribution is 2.51. The fraction of sp³-hybridized carbons (Fsp3) is 0.471. The smallest absolute Gasteiger partial charge is 0.330 e.